The molecule has 144 valence electrons. The van der Waals surface area contributed by atoms with Gasteiger partial charge in [0.15, 0.2) is 0 Å². The van der Waals surface area contributed by atoms with Crippen LogP contribution in [0.4, 0.5) is 17.3 Å². The van der Waals surface area contributed by atoms with E-state index in [-0.39, 0.29) is 38.8 Å². The summed E-state index contributed by atoms with van der Waals surface area (Å²) >= 11 is 0. The molecule has 2 atom stereocenters. The molecule has 2 bridgehead atoms. The Labute approximate surface area is 154 Å². The fourth-order valence-corrected chi connectivity index (χ4v) is 4.79. The highest BCUT2D eigenvalue weighted by Crippen LogP contribution is 2.54. The molecule has 3 rings (SSSR count). The van der Waals surface area contributed by atoms with Crippen LogP contribution in [0.3, 0.4) is 0 Å². The van der Waals surface area contributed by atoms with Crippen LogP contribution in [-0.4, -0.2) is 33.0 Å². The maximum absolute atomic E-state index is 11.9. The molecule has 2 heterocycles. The van der Waals surface area contributed by atoms with E-state index >= 15 is 0 Å². The molecule has 26 heavy (non-hydrogen) atoms. The summed E-state index contributed by atoms with van der Waals surface area (Å²) in [7, 11) is 0. The molecule has 0 amide bonds. The first kappa shape index (κ1) is 18.8. The number of nitro groups is 1. The fraction of sp³-hybridized carbons (Fsp3) is 0.778. The lowest BCUT2D eigenvalue weighted by Gasteiger charge is -2.39. The predicted molar refractivity (Wildman–Crippen MR) is 102 cm³/mol. The van der Waals surface area contributed by atoms with E-state index in [9.17, 15) is 10.1 Å². The van der Waals surface area contributed by atoms with Gasteiger partial charge in [0.25, 0.3) is 0 Å². The number of hydrogen-bond acceptors (Lipinski definition) is 7. The molecule has 2 unspecified atom stereocenters. The van der Waals surface area contributed by atoms with Crippen molar-refractivity contribution < 1.29 is 4.92 Å². The van der Waals surface area contributed by atoms with E-state index in [2.05, 4.69) is 46.5 Å². The van der Waals surface area contributed by atoms with Crippen LogP contribution in [0, 0.1) is 20.9 Å². The van der Waals surface area contributed by atoms with E-state index in [0.29, 0.717) is 5.82 Å². The zero-order valence-corrected chi connectivity index (χ0v) is 16.6. The lowest BCUT2D eigenvalue weighted by Crippen LogP contribution is -2.40. The molecule has 2 N–H and O–H groups in total. The molecule has 1 aliphatic carbocycles. The Morgan fingerprint density at radius 1 is 1.27 bits per heavy atom. The number of fused-ring (bicyclic) bond motifs is 2. The maximum atomic E-state index is 11.9. The minimum Gasteiger partial charge on any atom is -0.347 e. The Morgan fingerprint density at radius 3 is 2.58 bits per heavy atom. The number of rotatable bonds is 4. The van der Waals surface area contributed by atoms with Gasteiger partial charge in [-0.2, -0.15) is 0 Å². The maximum Gasteiger partial charge on any atom is 0.354 e. The molecular weight excluding hydrogens is 332 g/mol. The molecule has 1 aromatic heterocycles. The molecule has 2 fully saturated rings. The van der Waals surface area contributed by atoms with Gasteiger partial charge in [-0.1, -0.05) is 20.8 Å². The molecule has 1 saturated carbocycles. The summed E-state index contributed by atoms with van der Waals surface area (Å²) in [4.78, 5) is 22.1. The first-order chi connectivity index (χ1) is 11.9. The Balaban J connectivity index is 1.97. The van der Waals surface area contributed by atoms with Crippen LogP contribution >= 0.6 is 0 Å². The van der Waals surface area contributed by atoms with Crippen LogP contribution in [-0.2, 0) is 0 Å². The largest absolute Gasteiger partial charge is 0.354 e. The minimum atomic E-state index is -0.377. The van der Waals surface area contributed by atoms with Gasteiger partial charge in [0, 0.05) is 18.1 Å². The van der Waals surface area contributed by atoms with Gasteiger partial charge in [-0.3, -0.25) is 15.5 Å². The Bertz CT molecular complexity index is 714. The monoisotopic (exact) mass is 362 g/mol. The zero-order chi connectivity index (χ0) is 19.3. The normalized spacial score (nSPS) is 27.5. The van der Waals surface area contributed by atoms with Gasteiger partial charge in [-0.15, -0.1) is 0 Å². The van der Waals surface area contributed by atoms with Gasteiger partial charge in [0.1, 0.15) is 6.33 Å². The second kappa shape index (κ2) is 6.04. The van der Waals surface area contributed by atoms with Gasteiger partial charge in [0.2, 0.25) is 11.6 Å². The van der Waals surface area contributed by atoms with Crippen molar-refractivity contribution in [3.8, 4) is 0 Å². The minimum absolute atomic E-state index is 0.0572. The van der Waals surface area contributed by atoms with Gasteiger partial charge in [0.05, 0.1) is 4.92 Å². The summed E-state index contributed by atoms with van der Waals surface area (Å²) < 4.78 is 0. The number of hydrazine groups is 1. The van der Waals surface area contributed by atoms with Gasteiger partial charge in [-0.05, 0) is 50.9 Å². The van der Waals surface area contributed by atoms with E-state index in [1.165, 1.54) is 6.33 Å². The number of nitrogens with one attached hydrogen (secondary N) is 2. The summed E-state index contributed by atoms with van der Waals surface area (Å²) in [5.41, 5.74) is 6.07. The second-order valence-electron chi connectivity index (χ2n) is 9.99. The molecule has 8 nitrogen and oxygen atoms in total. The third-order valence-corrected chi connectivity index (χ3v) is 5.23. The molecule has 0 radical (unpaired) electrons. The Hall–Kier alpha value is -1.96. The van der Waals surface area contributed by atoms with Crippen LogP contribution in [0.25, 0.3) is 0 Å². The summed E-state index contributed by atoms with van der Waals surface area (Å²) in [5, 5.41) is 11.9. The van der Waals surface area contributed by atoms with Crippen molar-refractivity contribution in [2.24, 2.45) is 10.8 Å². The van der Waals surface area contributed by atoms with E-state index < -0.39 is 0 Å². The number of anilines is 2. The lowest BCUT2D eigenvalue weighted by molar-refractivity contribution is -0.383. The number of hydrogen-bond donors (Lipinski definition) is 2. The molecule has 8 heteroatoms. The van der Waals surface area contributed by atoms with Crippen molar-refractivity contribution in [2.75, 3.05) is 16.9 Å². The highest BCUT2D eigenvalue weighted by Gasteiger charge is 2.51. The van der Waals surface area contributed by atoms with E-state index in [1.807, 2.05) is 20.8 Å². The smallest absolute Gasteiger partial charge is 0.347 e. The average Bonchev–Trinajstić information content (AvgIpc) is 2.72. The van der Waals surface area contributed by atoms with E-state index in [1.54, 1.807) is 0 Å². The molecule has 0 aromatic carbocycles. The Morgan fingerprint density at radius 2 is 1.96 bits per heavy atom. The van der Waals surface area contributed by atoms with Crippen LogP contribution < -0.4 is 15.8 Å². The predicted octanol–water partition coefficient (Wildman–Crippen LogP) is 3.50. The van der Waals surface area contributed by atoms with Gasteiger partial charge < -0.3 is 4.90 Å². The first-order valence-corrected chi connectivity index (χ1v) is 9.18. The number of aromatic nitrogens is 2. The summed E-state index contributed by atoms with van der Waals surface area (Å²) in [5.74, 6) is 0.635. The third-order valence-electron chi connectivity index (χ3n) is 5.23. The molecule has 1 saturated heterocycles. The van der Waals surface area contributed by atoms with E-state index in [4.69, 9.17) is 0 Å². The van der Waals surface area contributed by atoms with Crippen LogP contribution in [0.1, 0.15) is 60.8 Å². The highest BCUT2D eigenvalue weighted by molar-refractivity contribution is 5.71. The quantitative estimate of drug-likeness (QED) is 0.625. The second-order valence-corrected chi connectivity index (χ2v) is 9.99. The van der Waals surface area contributed by atoms with Crippen molar-refractivity contribution >= 4 is 17.3 Å². The molecule has 2 aliphatic rings. The third kappa shape index (κ3) is 3.75. The Kier molecular flexibility index (Phi) is 4.37. The topological polar surface area (TPSA) is 96.2 Å². The summed E-state index contributed by atoms with van der Waals surface area (Å²) in [6.45, 7) is 13.6. The lowest BCUT2D eigenvalue weighted by atomic mass is 9.65. The standard InChI is InChI=1S/C18H30N6O2/c1-16(2,3)22-21-14-13(24(25)26)15(20-11-19-14)23-10-18(6)8-12(23)7-17(4,5)9-18/h11-12,22H,7-10H2,1-6H3,(H,19,20,21). The van der Waals surface area contributed by atoms with Crippen LogP contribution in [0.15, 0.2) is 6.33 Å². The first-order valence-electron chi connectivity index (χ1n) is 9.18. The molecule has 0 spiro atoms. The van der Waals surface area contributed by atoms with Crippen molar-refractivity contribution in [2.45, 2.75) is 72.4 Å². The summed E-state index contributed by atoms with van der Waals surface area (Å²) in [6, 6.07) is 0.278. The zero-order valence-electron chi connectivity index (χ0n) is 16.6. The van der Waals surface area contributed by atoms with E-state index in [0.717, 1.165) is 25.8 Å². The molecule has 1 aromatic rings. The van der Waals surface area contributed by atoms with Crippen molar-refractivity contribution in [3.63, 3.8) is 0 Å². The van der Waals surface area contributed by atoms with Gasteiger partial charge >= 0.3 is 5.69 Å². The fourth-order valence-electron chi connectivity index (χ4n) is 4.79. The highest BCUT2D eigenvalue weighted by atomic mass is 16.6. The van der Waals surface area contributed by atoms with Crippen molar-refractivity contribution in [1.29, 1.82) is 0 Å². The van der Waals surface area contributed by atoms with Crippen molar-refractivity contribution in [3.05, 3.63) is 16.4 Å². The van der Waals surface area contributed by atoms with Gasteiger partial charge in [-0.25, -0.2) is 15.4 Å². The SMILES string of the molecule is CC1(C)CC2CC(C)(CN2c2ncnc(NNC(C)(C)C)c2[N+](=O)[O-])C1. The summed E-state index contributed by atoms with van der Waals surface area (Å²) in [6.07, 6.45) is 4.61. The molecular formula is C18H30N6O2. The molecule has 1 aliphatic heterocycles. The van der Waals surface area contributed by atoms with Crippen LogP contribution in [0.5, 0.6) is 0 Å². The van der Waals surface area contributed by atoms with Crippen LogP contribution in [0.2, 0.25) is 0 Å². The number of nitrogens with zero attached hydrogens (tertiary/aromatic N) is 4. The average molecular weight is 362 g/mol. The van der Waals surface area contributed by atoms with Crippen molar-refractivity contribution in [1.82, 2.24) is 15.4 Å².